The molecule has 2 heteroatoms. The van der Waals surface area contributed by atoms with Gasteiger partial charge in [-0.25, -0.2) is 0 Å². The molecule has 0 aromatic carbocycles. The topological polar surface area (TPSA) is 24.1 Å². The predicted molar refractivity (Wildman–Crippen MR) is 53.1 cm³/mol. The summed E-state index contributed by atoms with van der Waals surface area (Å²) in [5, 5.41) is 6.74. The molecule has 0 amide bonds. The summed E-state index contributed by atoms with van der Waals surface area (Å²) in [5.74, 6) is 0. The zero-order valence-electron chi connectivity index (χ0n) is 8.03. The Morgan fingerprint density at radius 3 is 2.92 bits per heavy atom. The fourth-order valence-corrected chi connectivity index (χ4v) is 1.41. The van der Waals surface area contributed by atoms with Crippen LogP contribution in [-0.4, -0.2) is 19.6 Å². The average Bonchev–Trinajstić information content (AvgIpc) is 2.14. The second kappa shape index (κ2) is 6.06. The van der Waals surface area contributed by atoms with Gasteiger partial charge in [-0.1, -0.05) is 25.8 Å². The van der Waals surface area contributed by atoms with Crippen molar-refractivity contribution in [3.8, 4) is 0 Å². The van der Waals surface area contributed by atoms with Gasteiger partial charge in [0.2, 0.25) is 0 Å². The van der Waals surface area contributed by atoms with E-state index in [-0.39, 0.29) is 0 Å². The van der Waals surface area contributed by atoms with Gasteiger partial charge in [-0.05, 0) is 12.8 Å². The molecular weight excluding hydrogens is 148 g/mol. The summed E-state index contributed by atoms with van der Waals surface area (Å²) in [6, 6.07) is 0. The maximum absolute atomic E-state index is 3.39. The van der Waals surface area contributed by atoms with Crippen LogP contribution in [-0.2, 0) is 0 Å². The Kier molecular flexibility index (Phi) is 4.85. The summed E-state index contributed by atoms with van der Waals surface area (Å²) in [7, 11) is 0. The summed E-state index contributed by atoms with van der Waals surface area (Å²) in [6.45, 7) is 5.46. The standard InChI is InChI=1S/C10H20N2/c1-2-3-4-5-6-10-9-11-7-8-12-10/h6,11-12H,2-5,7-9H2,1H3. The Morgan fingerprint density at radius 2 is 2.25 bits per heavy atom. The van der Waals surface area contributed by atoms with Crippen LogP contribution in [0.5, 0.6) is 0 Å². The predicted octanol–water partition coefficient (Wildman–Crippen LogP) is 1.64. The highest BCUT2D eigenvalue weighted by Crippen LogP contribution is 2.02. The Morgan fingerprint density at radius 1 is 1.33 bits per heavy atom. The minimum atomic E-state index is 1.03. The van der Waals surface area contributed by atoms with Gasteiger partial charge in [-0.3, -0.25) is 0 Å². The molecule has 0 bridgehead atoms. The quantitative estimate of drug-likeness (QED) is 0.624. The number of hydrogen-bond donors (Lipinski definition) is 2. The van der Waals surface area contributed by atoms with Crippen LogP contribution >= 0.6 is 0 Å². The number of hydrogen-bond acceptors (Lipinski definition) is 2. The molecule has 0 radical (unpaired) electrons. The molecular formula is C10H20N2. The van der Waals surface area contributed by atoms with Gasteiger partial charge in [0.25, 0.3) is 0 Å². The lowest BCUT2D eigenvalue weighted by Crippen LogP contribution is -2.38. The van der Waals surface area contributed by atoms with Crippen molar-refractivity contribution in [3.05, 3.63) is 11.8 Å². The van der Waals surface area contributed by atoms with Crippen LogP contribution in [0, 0.1) is 0 Å². The van der Waals surface area contributed by atoms with E-state index in [9.17, 15) is 0 Å². The summed E-state index contributed by atoms with van der Waals surface area (Å²) < 4.78 is 0. The van der Waals surface area contributed by atoms with E-state index >= 15 is 0 Å². The van der Waals surface area contributed by atoms with Gasteiger partial charge in [0.05, 0.1) is 0 Å². The molecule has 2 N–H and O–H groups in total. The normalized spacial score (nSPS) is 20.9. The average molecular weight is 168 g/mol. The van der Waals surface area contributed by atoms with Crippen molar-refractivity contribution in [1.82, 2.24) is 10.6 Å². The number of piperazine rings is 1. The molecule has 1 fully saturated rings. The maximum Gasteiger partial charge on any atom is 0.0351 e. The summed E-state index contributed by atoms with van der Waals surface area (Å²) in [5.41, 5.74) is 1.39. The van der Waals surface area contributed by atoms with Crippen LogP contribution in [0.15, 0.2) is 11.8 Å². The second-order valence-corrected chi connectivity index (χ2v) is 3.33. The highest BCUT2D eigenvalue weighted by molar-refractivity contribution is 5.03. The first-order valence-corrected chi connectivity index (χ1v) is 5.07. The third-order valence-electron chi connectivity index (χ3n) is 2.17. The minimum Gasteiger partial charge on any atom is -0.386 e. The molecule has 0 aliphatic carbocycles. The Labute approximate surface area is 75.4 Å². The molecule has 0 atom stereocenters. The van der Waals surface area contributed by atoms with Crippen LogP contribution in [0.2, 0.25) is 0 Å². The number of unbranched alkanes of at least 4 members (excludes halogenated alkanes) is 3. The second-order valence-electron chi connectivity index (χ2n) is 3.33. The first-order chi connectivity index (χ1) is 5.93. The lowest BCUT2D eigenvalue weighted by atomic mass is 10.2. The summed E-state index contributed by atoms with van der Waals surface area (Å²) in [4.78, 5) is 0. The summed E-state index contributed by atoms with van der Waals surface area (Å²) in [6.07, 6.45) is 7.58. The molecule has 0 aromatic heterocycles. The molecule has 1 aliphatic rings. The van der Waals surface area contributed by atoms with Gasteiger partial charge in [0, 0.05) is 25.3 Å². The van der Waals surface area contributed by atoms with E-state index in [1.54, 1.807) is 0 Å². The molecule has 1 aliphatic heterocycles. The van der Waals surface area contributed by atoms with Crippen molar-refractivity contribution in [2.75, 3.05) is 19.6 Å². The van der Waals surface area contributed by atoms with Crippen LogP contribution in [0.3, 0.4) is 0 Å². The Hall–Kier alpha value is -0.500. The highest BCUT2D eigenvalue weighted by atomic mass is 15.0. The van der Waals surface area contributed by atoms with Crippen molar-refractivity contribution in [3.63, 3.8) is 0 Å². The van der Waals surface area contributed by atoms with Gasteiger partial charge in [-0.15, -0.1) is 0 Å². The van der Waals surface area contributed by atoms with Crippen molar-refractivity contribution in [2.24, 2.45) is 0 Å². The van der Waals surface area contributed by atoms with E-state index in [4.69, 9.17) is 0 Å². The lowest BCUT2D eigenvalue weighted by molar-refractivity contribution is 0.592. The molecule has 0 aromatic rings. The molecule has 1 heterocycles. The van der Waals surface area contributed by atoms with E-state index in [1.807, 2.05) is 0 Å². The Bertz CT molecular complexity index is 133. The maximum atomic E-state index is 3.39. The zero-order valence-corrected chi connectivity index (χ0v) is 8.03. The van der Waals surface area contributed by atoms with Gasteiger partial charge < -0.3 is 10.6 Å². The van der Waals surface area contributed by atoms with Crippen LogP contribution in [0.1, 0.15) is 32.6 Å². The molecule has 1 rings (SSSR count). The fourth-order valence-electron chi connectivity index (χ4n) is 1.41. The molecule has 1 saturated heterocycles. The van der Waals surface area contributed by atoms with Crippen molar-refractivity contribution >= 4 is 0 Å². The van der Waals surface area contributed by atoms with Crippen LogP contribution in [0.25, 0.3) is 0 Å². The number of nitrogens with one attached hydrogen (secondary N) is 2. The van der Waals surface area contributed by atoms with Gasteiger partial charge in [-0.2, -0.15) is 0 Å². The van der Waals surface area contributed by atoms with E-state index < -0.39 is 0 Å². The molecule has 70 valence electrons. The zero-order chi connectivity index (χ0) is 8.65. The first-order valence-electron chi connectivity index (χ1n) is 5.07. The third kappa shape index (κ3) is 3.77. The van der Waals surface area contributed by atoms with Crippen molar-refractivity contribution in [2.45, 2.75) is 32.6 Å². The number of allylic oxidation sites excluding steroid dienone is 1. The minimum absolute atomic E-state index is 1.03. The van der Waals surface area contributed by atoms with Gasteiger partial charge >= 0.3 is 0 Å². The molecule has 12 heavy (non-hydrogen) atoms. The highest BCUT2D eigenvalue weighted by Gasteiger charge is 2.00. The van der Waals surface area contributed by atoms with Gasteiger partial charge in [0.15, 0.2) is 0 Å². The van der Waals surface area contributed by atoms with E-state index in [0.29, 0.717) is 0 Å². The van der Waals surface area contributed by atoms with Crippen LogP contribution < -0.4 is 10.6 Å². The summed E-state index contributed by atoms with van der Waals surface area (Å²) >= 11 is 0. The number of rotatable bonds is 4. The molecule has 0 saturated carbocycles. The lowest BCUT2D eigenvalue weighted by Gasteiger charge is -2.17. The SMILES string of the molecule is CCCCCC=C1CNCCN1. The molecule has 0 unspecified atom stereocenters. The van der Waals surface area contributed by atoms with E-state index in [0.717, 1.165) is 19.6 Å². The van der Waals surface area contributed by atoms with E-state index in [2.05, 4.69) is 23.6 Å². The largest absolute Gasteiger partial charge is 0.386 e. The van der Waals surface area contributed by atoms with E-state index in [1.165, 1.54) is 31.4 Å². The smallest absolute Gasteiger partial charge is 0.0351 e. The van der Waals surface area contributed by atoms with Crippen molar-refractivity contribution < 1.29 is 0 Å². The first kappa shape index (κ1) is 9.59. The van der Waals surface area contributed by atoms with Crippen LogP contribution in [0.4, 0.5) is 0 Å². The Balaban J connectivity index is 2.08. The fraction of sp³-hybridized carbons (Fsp3) is 0.800. The van der Waals surface area contributed by atoms with Crippen molar-refractivity contribution in [1.29, 1.82) is 0 Å². The van der Waals surface area contributed by atoms with Gasteiger partial charge in [0.1, 0.15) is 0 Å². The monoisotopic (exact) mass is 168 g/mol. The molecule has 2 nitrogen and oxygen atoms in total. The third-order valence-corrected chi connectivity index (χ3v) is 2.17. The molecule has 0 spiro atoms.